The second-order valence-electron chi connectivity index (χ2n) is 9.35. The van der Waals surface area contributed by atoms with E-state index < -0.39 is 0 Å². The highest BCUT2D eigenvalue weighted by molar-refractivity contribution is 5.64. The lowest BCUT2D eigenvalue weighted by atomic mass is 9.94. The molecule has 0 aromatic carbocycles. The second-order valence-corrected chi connectivity index (χ2v) is 9.35. The number of halogens is 1. The predicted octanol–water partition coefficient (Wildman–Crippen LogP) is 4.39. The van der Waals surface area contributed by atoms with E-state index in [1.807, 2.05) is 42.9 Å². The van der Waals surface area contributed by atoms with Gasteiger partial charge in [0.2, 0.25) is 0 Å². The molecule has 2 aliphatic rings. The smallest absolute Gasteiger partial charge is 0.173 e. The highest BCUT2D eigenvalue weighted by Crippen LogP contribution is 2.33. The Morgan fingerprint density at radius 1 is 0.968 bits per heavy atom. The molecular formula is C24H27FN6. The Morgan fingerprint density at radius 3 is 2.55 bits per heavy atom. The van der Waals surface area contributed by atoms with Crippen molar-refractivity contribution in [3.63, 3.8) is 0 Å². The van der Waals surface area contributed by atoms with Crippen molar-refractivity contribution in [2.75, 3.05) is 19.6 Å². The SMILES string of the molecule is Cc1cn2nc(-c3cc(F)c4nc(C5CCN(CC6CC6)CC5)cn4c3)cc(C)c2n1. The Bertz CT molecular complexity index is 1280. The van der Waals surface area contributed by atoms with Gasteiger partial charge in [-0.3, -0.25) is 0 Å². The van der Waals surface area contributed by atoms with Crippen molar-refractivity contribution in [2.24, 2.45) is 5.92 Å². The van der Waals surface area contributed by atoms with Crippen LogP contribution in [0.1, 0.15) is 48.6 Å². The van der Waals surface area contributed by atoms with E-state index in [9.17, 15) is 0 Å². The molecule has 6 nitrogen and oxygen atoms in total. The van der Waals surface area contributed by atoms with Gasteiger partial charge < -0.3 is 9.30 Å². The van der Waals surface area contributed by atoms with Gasteiger partial charge in [0.05, 0.1) is 23.3 Å². The molecule has 2 fully saturated rings. The number of imidazole rings is 2. The number of aromatic nitrogens is 5. The fourth-order valence-electron chi connectivity index (χ4n) is 4.88. The number of likely N-dealkylation sites (tertiary alicyclic amines) is 1. The summed E-state index contributed by atoms with van der Waals surface area (Å²) in [6, 6.07) is 3.51. The van der Waals surface area contributed by atoms with E-state index in [0.717, 1.165) is 65.7 Å². The summed E-state index contributed by atoms with van der Waals surface area (Å²) in [7, 11) is 0. The molecule has 1 aliphatic carbocycles. The van der Waals surface area contributed by atoms with Gasteiger partial charge in [0, 0.05) is 30.4 Å². The monoisotopic (exact) mass is 418 g/mol. The van der Waals surface area contributed by atoms with Crippen LogP contribution >= 0.6 is 0 Å². The second kappa shape index (κ2) is 7.12. The van der Waals surface area contributed by atoms with Gasteiger partial charge in [0.1, 0.15) is 0 Å². The predicted molar refractivity (Wildman–Crippen MR) is 118 cm³/mol. The highest BCUT2D eigenvalue weighted by atomic mass is 19.1. The molecule has 160 valence electrons. The largest absolute Gasteiger partial charge is 0.304 e. The minimum atomic E-state index is -0.309. The maximum Gasteiger partial charge on any atom is 0.173 e. The van der Waals surface area contributed by atoms with E-state index in [4.69, 9.17) is 0 Å². The van der Waals surface area contributed by atoms with Crippen LogP contribution in [0.5, 0.6) is 0 Å². The molecule has 0 spiro atoms. The molecule has 1 aliphatic heterocycles. The van der Waals surface area contributed by atoms with Crippen LogP contribution in [0.3, 0.4) is 0 Å². The van der Waals surface area contributed by atoms with E-state index in [0.29, 0.717) is 11.6 Å². The molecule has 0 unspecified atom stereocenters. The summed E-state index contributed by atoms with van der Waals surface area (Å²) < 4.78 is 18.6. The molecule has 0 N–H and O–H groups in total. The van der Waals surface area contributed by atoms with Crippen LogP contribution in [0, 0.1) is 25.6 Å². The van der Waals surface area contributed by atoms with Crippen molar-refractivity contribution in [3.8, 4) is 11.3 Å². The van der Waals surface area contributed by atoms with Gasteiger partial charge in [-0.25, -0.2) is 18.9 Å². The molecule has 1 saturated heterocycles. The summed E-state index contributed by atoms with van der Waals surface area (Å²) in [4.78, 5) is 11.8. The highest BCUT2D eigenvalue weighted by Gasteiger charge is 2.28. The zero-order valence-corrected chi connectivity index (χ0v) is 18.1. The zero-order chi connectivity index (χ0) is 21.1. The Morgan fingerprint density at radius 2 is 1.77 bits per heavy atom. The number of aryl methyl sites for hydroxylation is 2. The molecular weight excluding hydrogens is 391 g/mol. The molecule has 5 heterocycles. The summed E-state index contributed by atoms with van der Waals surface area (Å²) in [6.45, 7) is 7.45. The van der Waals surface area contributed by atoms with Gasteiger partial charge >= 0.3 is 0 Å². The standard InChI is InChI=1S/C24H27FN6/c1-15-9-21(28-31-11-16(2)26-23(15)31)19-10-20(25)24-27-22(14-30(24)13-19)18-5-7-29(8-6-18)12-17-3-4-17/h9-11,13-14,17-18H,3-8,12H2,1-2H3. The van der Waals surface area contributed by atoms with Crippen LogP contribution in [-0.4, -0.2) is 48.5 Å². The quantitative estimate of drug-likeness (QED) is 0.493. The fraction of sp³-hybridized carbons (Fsp3) is 0.458. The lowest BCUT2D eigenvalue weighted by molar-refractivity contribution is 0.203. The van der Waals surface area contributed by atoms with E-state index in [1.54, 1.807) is 10.6 Å². The lowest BCUT2D eigenvalue weighted by Gasteiger charge is -2.31. The minimum absolute atomic E-state index is 0.309. The topological polar surface area (TPSA) is 50.7 Å². The molecule has 6 rings (SSSR count). The summed E-state index contributed by atoms with van der Waals surface area (Å²) >= 11 is 0. The minimum Gasteiger partial charge on any atom is -0.304 e. The first kappa shape index (κ1) is 18.9. The maximum absolute atomic E-state index is 15.0. The fourth-order valence-corrected chi connectivity index (χ4v) is 4.88. The van der Waals surface area contributed by atoms with Crippen molar-refractivity contribution in [1.82, 2.24) is 28.9 Å². The van der Waals surface area contributed by atoms with Crippen LogP contribution in [0.15, 0.2) is 30.7 Å². The summed E-state index contributed by atoms with van der Waals surface area (Å²) in [5, 5.41) is 4.66. The molecule has 0 amide bonds. The normalized spacial score (nSPS) is 18.4. The number of hydrogen-bond acceptors (Lipinski definition) is 4. The third kappa shape index (κ3) is 3.51. The van der Waals surface area contributed by atoms with Gasteiger partial charge in [-0.2, -0.15) is 5.10 Å². The molecule has 0 radical (unpaired) electrons. The third-order valence-electron chi connectivity index (χ3n) is 6.77. The number of nitrogens with zero attached hydrogens (tertiary/aromatic N) is 6. The lowest BCUT2D eigenvalue weighted by Crippen LogP contribution is -2.34. The number of piperidine rings is 1. The Kier molecular flexibility index (Phi) is 4.35. The number of pyridine rings is 1. The van der Waals surface area contributed by atoms with Gasteiger partial charge in [0.15, 0.2) is 17.1 Å². The van der Waals surface area contributed by atoms with E-state index in [1.165, 1.54) is 19.4 Å². The third-order valence-corrected chi connectivity index (χ3v) is 6.77. The molecule has 7 heteroatoms. The average molecular weight is 419 g/mol. The van der Waals surface area contributed by atoms with Crippen molar-refractivity contribution >= 4 is 11.3 Å². The van der Waals surface area contributed by atoms with Crippen LogP contribution in [0.4, 0.5) is 4.39 Å². The molecule has 4 aromatic rings. The Balaban J connectivity index is 1.30. The van der Waals surface area contributed by atoms with Crippen LogP contribution in [0.2, 0.25) is 0 Å². The summed E-state index contributed by atoms with van der Waals surface area (Å²) in [6.07, 6.45) is 10.8. The first-order valence-corrected chi connectivity index (χ1v) is 11.3. The van der Waals surface area contributed by atoms with Crippen molar-refractivity contribution in [3.05, 3.63) is 53.5 Å². The van der Waals surface area contributed by atoms with Crippen molar-refractivity contribution < 1.29 is 4.39 Å². The van der Waals surface area contributed by atoms with Gasteiger partial charge in [-0.05, 0) is 76.2 Å². The molecule has 0 atom stereocenters. The maximum atomic E-state index is 15.0. The van der Waals surface area contributed by atoms with Crippen LogP contribution in [-0.2, 0) is 0 Å². The van der Waals surface area contributed by atoms with Gasteiger partial charge in [0.25, 0.3) is 0 Å². The summed E-state index contributed by atoms with van der Waals surface area (Å²) in [5.41, 5.74) is 5.64. The number of fused-ring (bicyclic) bond motifs is 2. The molecule has 1 saturated carbocycles. The number of rotatable bonds is 4. The molecule has 0 bridgehead atoms. The number of hydrogen-bond donors (Lipinski definition) is 0. The first-order chi connectivity index (χ1) is 15.0. The van der Waals surface area contributed by atoms with Gasteiger partial charge in [-0.15, -0.1) is 0 Å². The van der Waals surface area contributed by atoms with Crippen LogP contribution < -0.4 is 0 Å². The Hall–Kier alpha value is -2.80. The molecule has 4 aromatic heterocycles. The van der Waals surface area contributed by atoms with E-state index in [2.05, 4.69) is 20.0 Å². The van der Waals surface area contributed by atoms with Crippen molar-refractivity contribution in [2.45, 2.75) is 45.4 Å². The first-order valence-electron chi connectivity index (χ1n) is 11.3. The van der Waals surface area contributed by atoms with E-state index in [-0.39, 0.29) is 5.82 Å². The van der Waals surface area contributed by atoms with Crippen LogP contribution in [0.25, 0.3) is 22.6 Å². The van der Waals surface area contributed by atoms with Crippen molar-refractivity contribution in [1.29, 1.82) is 0 Å². The Labute approximate surface area is 180 Å². The average Bonchev–Trinajstić information content (AvgIpc) is 3.30. The zero-order valence-electron chi connectivity index (χ0n) is 18.1. The summed E-state index contributed by atoms with van der Waals surface area (Å²) in [5.74, 6) is 1.03. The van der Waals surface area contributed by atoms with E-state index >= 15 is 4.39 Å². The molecule has 31 heavy (non-hydrogen) atoms. The van der Waals surface area contributed by atoms with Gasteiger partial charge in [-0.1, -0.05) is 0 Å².